The quantitative estimate of drug-likeness (QED) is 0.778. The van der Waals surface area contributed by atoms with Crippen LogP contribution in [0.2, 0.25) is 0 Å². The van der Waals surface area contributed by atoms with Crippen LogP contribution < -0.4 is 10.6 Å². The van der Waals surface area contributed by atoms with Gasteiger partial charge in [0.2, 0.25) is 17.7 Å². The Labute approximate surface area is 163 Å². The Balaban J connectivity index is 1.89. The zero-order valence-corrected chi connectivity index (χ0v) is 16.6. The number of halogens is 1. The monoisotopic (exact) mass is 387 g/mol. The van der Waals surface area contributed by atoms with Crippen LogP contribution in [0.25, 0.3) is 0 Å². The average Bonchev–Trinajstić information content (AvgIpc) is 3.20. The third-order valence-corrected chi connectivity index (χ3v) is 6.47. The molecule has 0 aromatic heterocycles. The van der Waals surface area contributed by atoms with E-state index in [9.17, 15) is 18.8 Å². The van der Waals surface area contributed by atoms with Crippen LogP contribution in [0.1, 0.15) is 46.1 Å². The standard InChI is InChI=1S/C21H26FN3O3/c1-5-11(4)25-18(26)16-15(8-10(2)3)24-21(17(16)19(25)27)13-9-12(22)6-7-14(13)23-20(21)28/h6-7,9-11,15-17,24H,5,8H2,1-4H3,(H,23,28)/t11?,15?,16-,17+,21?/m1/s1. The minimum atomic E-state index is -1.41. The topological polar surface area (TPSA) is 78.5 Å². The molecule has 2 saturated heterocycles. The lowest BCUT2D eigenvalue weighted by molar-refractivity contribution is -0.145. The second-order valence-corrected chi connectivity index (χ2v) is 8.64. The lowest BCUT2D eigenvalue weighted by Crippen LogP contribution is -2.54. The Kier molecular flexibility index (Phi) is 4.34. The number of carbonyl (C=O) groups excluding carboxylic acids is 3. The molecule has 1 aromatic carbocycles. The van der Waals surface area contributed by atoms with Crippen LogP contribution in [0.5, 0.6) is 0 Å². The maximum atomic E-state index is 14.1. The summed E-state index contributed by atoms with van der Waals surface area (Å²) in [7, 11) is 0. The number of hydrogen-bond acceptors (Lipinski definition) is 4. The molecule has 28 heavy (non-hydrogen) atoms. The Bertz CT molecular complexity index is 870. The zero-order chi connectivity index (χ0) is 20.4. The van der Waals surface area contributed by atoms with Gasteiger partial charge in [0.1, 0.15) is 11.4 Å². The number of hydrogen-bond donors (Lipinski definition) is 2. The minimum Gasteiger partial charge on any atom is -0.324 e. The third kappa shape index (κ3) is 2.38. The van der Waals surface area contributed by atoms with E-state index in [-0.39, 0.29) is 35.7 Å². The van der Waals surface area contributed by atoms with Crippen LogP contribution in [-0.4, -0.2) is 34.7 Å². The van der Waals surface area contributed by atoms with Crippen molar-refractivity contribution >= 4 is 23.4 Å². The number of fused-ring (bicyclic) bond motifs is 4. The van der Waals surface area contributed by atoms with Crippen molar-refractivity contribution in [3.8, 4) is 0 Å². The molecular weight excluding hydrogens is 361 g/mol. The van der Waals surface area contributed by atoms with Crippen molar-refractivity contribution in [3.05, 3.63) is 29.6 Å². The van der Waals surface area contributed by atoms with Gasteiger partial charge in [-0.1, -0.05) is 20.8 Å². The van der Waals surface area contributed by atoms with Crippen molar-refractivity contribution in [1.29, 1.82) is 0 Å². The van der Waals surface area contributed by atoms with Gasteiger partial charge in [-0.2, -0.15) is 0 Å². The van der Waals surface area contributed by atoms with Gasteiger partial charge in [-0.05, 0) is 43.9 Å². The molecule has 0 radical (unpaired) electrons. The Morgan fingerprint density at radius 2 is 1.89 bits per heavy atom. The fourth-order valence-electron chi connectivity index (χ4n) is 5.12. The second-order valence-electron chi connectivity index (χ2n) is 8.64. The maximum absolute atomic E-state index is 14.1. The minimum absolute atomic E-state index is 0.225. The number of carbonyl (C=O) groups is 3. The molecule has 1 aromatic rings. The fraction of sp³-hybridized carbons (Fsp3) is 0.571. The van der Waals surface area contributed by atoms with Gasteiger partial charge in [-0.25, -0.2) is 4.39 Å². The Hall–Kier alpha value is -2.28. The molecule has 3 unspecified atom stereocenters. The fourth-order valence-corrected chi connectivity index (χ4v) is 5.12. The van der Waals surface area contributed by atoms with Crippen LogP contribution in [0.15, 0.2) is 18.2 Å². The molecule has 2 fully saturated rings. The van der Waals surface area contributed by atoms with Crippen LogP contribution >= 0.6 is 0 Å². The van der Waals surface area contributed by atoms with Crippen molar-refractivity contribution in [2.24, 2.45) is 17.8 Å². The molecule has 4 rings (SSSR count). The number of amides is 3. The Morgan fingerprint density at radius 1 is 1.18 bits per heavy atom. The summed E-state index contributed by atoms with van der Waals surface area (Å²) >= 11 is 0. The van der Waals surface area contributed by atoms with Crippen LogP contribution in [0.3, 0.4) is 0 Å². The summed E-state index contributed by atoms with van der Waals surface area (Å²) < 4.78 is 14.1. The summed E-state index contributed by atoms with van der Waals surface area (Å²) in [6, 6.07) is 3.54. The first-order valence-electron chi connectivity index (χ1n) is 9.98. The van der Waals surface area contributed by atoms with E-state index in [1.165, 1.54) is 23.1 Å². The largest absolute Gasteiger partial charge is 0.324 e. The van der Waals surface area contributed by atoms with E-state index in [0.29, 0.717) is 24.1 Å². The van der Waals surface area contributed by atoms with Gasteiger partial charge in [0.25, 0.3) is 0 Å². The molecule has 7 heteroatoms. The molecule has 3 heterocycles. The summed E-state index contributed by atoms with van der Waals surface area (Å²) in [5.74, 6) is -2.64. The normalized spacial score (nSPS) is 32.3. The highest BCUT2D eigenvalue weighted by atomic mass is 19.1. The van der Waals surface area contributed by atoms with Crippen molar-refractivity contribution in [2.75, 3.05) is 5.32 Å². The molecule has 5 atom stereocenters. The molecule has 150 valence electrons. The van der Waals surface area contributed by atoms with Crippen molar-refractivity contribution in [2.45, 2.75) is 58.2 Å². The van der Waals surface area contributed by atoms with Crippen molar-refractivity contribution in [1.82, 2.24) is 10.2 Å². The molecule has 2 N–H and O–H groups in total. The molecule has 3 aliphatic heterocycles. The van der Waals surface area contributed by atoms with Crippen LogP contribution in [0, 0.1) is 23.6 Å². The highest BCUT2D eigenvalue weighted by Crippen LogP contribution is 2.54. The van der Waals surface area contributed by atoms with Gasteiger partial charge in [0, 0.05) is 23.3 Å². The smallest absolute Gasteiger partial charge is 0.250 e. The predicted octanol–water partition coefficient (Wildman–Crippen LogP) is 2.39. The van der Waals surface area contributed by atoms with Gasteiger partial charge < -0.3 is 5.32 Å². The van der Waals surface area contributed by atoms with Gasteiger partial charge in [-0.3, -0.25) is 24.6 Å². The van der Waals surface area contributed by atoms with Gasteiger partial charge in [-0.15, -0.1) is 0 Å². The molecule has 0 bridgehead atoms. The van der Waals surface area contributed by atoms with Crippen molar-refractivity contribution in [3.63, 3.8) is 0 Å². The first kappa shape index (κ1) is 19.1. The van der Waals surface area contributed by atoms with E-state index in [1.807, 2.05) is 27.7 Å². The van der Waals surface area contributed by atoms with E-state index >= 15 is 0 Å². The first-order valence-corrected chi connectivity index (χ1v) is 9.98. The van der Waals surface area contributed by atoms with E-state index < -0.39 is 23.2 Å². The van der Waals surface area contributed by atoms with Crippen LogP contribution in [-0.2, 0) is 19.9 Å². The molecule has 6 nitrogen and oxygen atoms in total. The number of anilines is 1. The number of rotatable bonds is 4. The number of likely N-dealkylation sites (tertiary alicyclic amines) is 1. The molecule has 0 saturated carbocycles. The van der Waals surface area contributed by atoms with Gasteiger partial charge >= 0.3 is 0 Å². The third-order valence-electron chi connectivity index (χ3n) is 6.47. The lowest BCUT2D eigenvalue weighted by atomic mass is 9.76. The SMILES string of the molecule is CCC(C)N1C(=O)[C@@H]2C(CC(C)C)NC3(C(=O)Nc4ccc(F)cc43)[C@@H]2C1=O. The Morgan fingerprint density at radius 3 is 2.54 bits per heavy atom. The highest BCUT2D eigenvalue weighted by molar-refractivity contribution is 6.15. The summed E-state index contributed by atoms with van der Waals surface area (Å²) in [4.78, 5) is 41.2. The summed E-state index contributed by atoms with van der Waals surface area (Å²) in [6.07, 6.45) is 1.29. The number of imide groups is 1. The van der Waals surface area contributed by atoms with E-state index in [0.717, 1.165) is 0 Å². The summed E-state index contributed by atoms with van der Waals surface area (Å²) in [6.45, 7) is 7.85. The lowest BCUT2D eigenvalue weighted by Gasteiger charge is -2.31. The summed E-state index contributed by atoms with van der Waals surface area (Å²) in [5, 5.41) is 6.11. The molecule has 3 amide bonds. The second kappa shape index (κ2) is 6.37. The van der Waals surface area contributed by atoms with E-state index in [4.69, 9.17) is 0 Å². The number of benzene rings is 1. The van der Waals surface area contributed by atoms with Gasteiger partial charge in [0.15, 0.2) is 0 Å². The summed E-state index contributed by atoms with van der Waals surface area (Å²) in [5.41, 5.74) is -0.493. The van der Waals surface area contributed by atoms with E-state index in [2.05, 4.69) is 10.6 Å². The number of nitrogens with zero attached hydrogens (tertiary/aromatic N) is 1. The maximum Gasteiger partial charge on any atom is 0.250 e. The predicted molar refractivity (Wildman–Crippen MR) is 102 cm³/mol. The molecule has 0 aliphatic carbocycles. The van der Waals surface area contributed by atoms with Crippen LogP contribution in [0.4, 0.5) is 10.1 Å². The molecular formula is C21H26FN3O3. The highest BCUT2D eigenvalue weighted by Gasteiger charge is 2.70. The number of nitrogens with one attached hydrogen (secondary N) is 2. The van der Waals surface area contributed by atoms with Crippen molar-refractivity contribution < 1.29 is 18.8 Å². The van der Waals surface area contributed by atoms with E-state index in [1.54, 1.807) is 0 Å². The zero-order valence-electron chi connectivity index (χ0n) is 16.6. The van der Waals surface area contributed by atoms with Gasteiger partial charge in [0.05, 0.1) is 11.8 Å². The first-order chi connectivity index (χ1) is 13.2. The molecule has 1 spiro atoms. The average molecular weight is 387 g/mol. The molecule has 3 aliphatic rings.